The number of aromatic nitrogens is 1. The van der Waals surface area contributed by atoms with E-state index in [1.165, 1.54) is 0 Å². The van der Waals surface area contributed by atoms with Crippen molar-refractivity contribution in [1.82, 2.24) is 9.88 Å². The number of piperazine rings is 1. The lowest BCUT2D eigenvalue weighted by atomic mass is 10.2. The first-order valence-electron chi connectivity index (χ1n) is 6.83. The third-order valence-corrected chi connectivity index (χ3v) is 3.98. The van der Waals surface area contributed by atoms with Crippen LogP contribution in [0, 0.1) is 11.3 Å². The fraction of sp³-hybridized carbons (Fsp3) is 0.267. The normalized spacial score (nSPS) is 14.7. The van der Waals surface area contributed by atoms with Gasteiger partial charge in [-0.05, 0) is 40.2 Å². The number of carbonyl (C=O) groups is 1. The van der Waals surface area contributed by atoms with Gasteiger partial charge in [0.2, 0.25) is 0 Å². The van der Waals surface area contributed by atoms with Crippen molar-refractivity contribution < 1.29 is 9.21 Å². The highest BCUT2D eigenvalue weighted by Crippen LogP contribution is 2.18. The van der Waals surface area contributed by atoms with Crippen LogP contribution in [0.15, 0.2) is 39.5 Å². The number of hydrogen-bond acceptors (Lipinski definition) is 5. The minimum atomic E-state index is -0.107. The smallest absolute Gasteiger partial charge is 0.289 e. The Balaban J connectivity index is 1.65. The molecule has 112 valence electrons. The topological polar surface area (TPSA) is 73.4 Å². The lowest BCUT2D eigenvalue weighted by Crippen LogP contribution is -2.49. The molecule has 6 nitrogen and oxygen atoms in total. The molecule has 0 aromatic carbocycles. The average molecular weight is 361 g/mol. The second-order valence-electron chi connectivity index (χ2n) is 4.90. The summed E-state index contributed by atoms with van der Waals surface area (Å²) in [6, 6.07) is 8.93. The highest BCUT2D eigenvalue weighted by Gasteiger charge is 2.24. The number of rotatable bonds is 2. The number of halogens is 1. The van der Waals surface area contributed by atoms with Crippen molar-refractivity contribution in [2.45, 2.75) is 0 Å². The van der Waals surface area contributed by atoms with Crippen LogP contribution in [0.2, 0.25) is 0 Å². The van der Waals surface area contributed by atoms with Gasteiger partial charge < -0.3 is 14.2 Å². The van der Waals surface area contributed by atoms with Gasteiger partial charge in [-0.15, -0.1) is 0 Å². The number of amides is 1. The first-order chi connectivity index (χ1) is 10.7. The lowest BCUT2D eigenvalue weighted by molar-refractivity contribution is 0.0713. The fourth-order valence-corrected chi connectivity index (χ4v) is 2.69. The summed E-state index contributed by atoms with van der Waals surface area (Å²) in [4.78, 5) is 20.4. The van der Waals surface area contributed by atoms with Crippen LogP contribution in [-0.4, -0.2) is 42.0 Å². The number of carbonyl (C=O) groups excluding carboxylic acids is 1. The van der Waals surface area contributed by atoms with E-state index in [-0.39, 0.29) is 5.91 Å². The lowest BCUT2D eigenvalue weighted by Gasteiger charge is -2.35. The van der Waals surface area contributed by atoms with E-state index in [4.69, 9.17) is 9.68 Å². The van der Waals surface area contributed by atoms with Gasteiger partial charge in [-0.1, -0.05) is 0 Å². The van der Waals surface area contributed by atoms with E-state index >= 15 is 0 Å². The van der Waals surface area contributed by atoms with E-state index in [0.717, 1.165) is 5.82 Å². The highest BCUT2D eigenvalue weighted by atomic mass is 79.9. The first kappa shape index (κ1) is 14.6. The summed E-state index contributed by atoms with van der Waals surface area (Å²) in [5.41, 5.74) is 0.587. The third kappa shape index (κ3) is 2.97. The molecule has 1 fully saturated rings. The van der Waals surface area contributed by atoms with Gasteiger partial charge in [-0.2, -0.15) is 5.26 Å². The van der Waals surface area contributed by atoms with Crippen molar-refractivity contribution in [2.24, 2.45) is 0 Å². The van der Waals surface area contributed by atoms with Crippen LogP contribution in [0.3, 0.4) is 0 Å². The Labute approximate surface area is 136 Å². The molecule has 0 atom stereocenters. The van der Waals surface area contributed by atoms with Gasteiger partial charge in [0.25, 0.3) is 5.91 Å². The molecule has 0 bridgehead atoms. The maximum absolute atomic E-state index is 12.3. The number of furan rings is 1. The molecule has 0 aliphatic carbocycles. The molecule has 1 saturated heterocycles. The van der Waals surface area contributed by atoms with Gasteiger partial charge in [-0.3, -0.25) is 4.79 Å². The molecular formula is C15H13BrN4O2. The van der Waals surface area contributed by atoms with Crippen molar-refractivity contribution in [1.29, 1.82) is 5.26 Å². The van der Waals surface area contributed by atoms with Gasteiger partial charge in [0.15, 0.2) is 10.4 Å². The molecule has 0 saturated carbocycles. The van der Waals surface area contributed by atoms with Gasteiger partial charge in [0, 0.05) is 32.4 Å². The zero-order valence-corrected chi connectivity index (χ0v) is 13.3. The first-order valence-corrected chi connectivity index (χ1v) is 7.62. The standard InChI is InChI=1S/C15H13BrN4O2/c16-13-2-1-12(22-13)15(21)20-7-5-19(6-8-20)14-9-11(10-17)3-4-18-14/h1-4,9H,5-8H2. The molecule has 1 aliphatic heterocycles. The van der Waals surface area contributed by atoms with Crippen LogP contribution in [0.1, 0.15) is 16.1 Å². The summed E-state index contributed by atoms with van der Waals surface area (Å²) in [5, 5.41) is 8.94. The SMILES string of the molecule is N#Cc1ccnc(N2CCN(C(=O)c3ccc(Br)o3)CC2)c1. The summed E-state index contributed by atoms with van der Waals surface area (Å²) in [5.74, 6) is 1.00. The molecule has 1 amide bonds. The summed E-state index contributed by atoms with van der Waals surface area (Å²) >= 11 is 3.20. The fourth-order valence-electron chi connectivity index (χ4n) is 2.38. The predicted octanol–water partition coefficient (Wildman–Crippen LogP) is 2.27. The van der Waals surface area contributed by atoms with Crippen molar-refractivity contribution in [3.05, 3.63) is 46.5 Å². The maximum atomic E-state index is 12.3. The average Bonchev–Trinajstić information content (AvgIpc) is 3.01. The number of nitrogens with zero attached hydrogens (tertiary/aromatic N) is 4. The van der Waals surface area contributed by atoms with Crippen molar-refractivity contribution in [2.75, 3.05) is 31.1 Å². The van der Waals surface area contributed by atoms with Gasteiger partial charge in [0.05, 0.1) is 11.6 Å². The number of nitriles is 1. The molecule has 3 rings (SSSR count). The van der Waals surface area contributed by atoms with Crippen LogP contribution in [-0.2, 0) is 0 Å². The van der Waals surface area contributed by atoms with Gasteiger partial charge in [-0.25, -0.2) is 4.98 Å². The Hall–Kier alpha value is -2.33. The molecule has 0 spiro atoms. The Bertz CT molecular complexity index is 729. The van der Waals surface area contributed by atoms with Crippen molar-refractivity contribution in [3.8, 4) is 6.07 Å². The van der Waals surface area contributed by atoms with Crippen LogP contribution >= 0.6 is 15.9 Å². The Kier molecular flexibility index (Phi) is 4.11. The van der Waals surface area contributed by atoms with Crippen LogP contribution in [0.4, 0.5) is 5.82 Å². The quantitative estimate of drug-likeness (QED) is 0.821. The Morgan fingerprint density at radius 1 is 1.27 bits per heavy atom. The molecule has 0 unspecified atom stereocenters. The van der Waals surface area contributed by atoms with E-state index in [1.54, 1.807) is 35.4 Å². The number of anilines is 1. The molecule has 7 heteroatoms. The molecule has 2 aromatic rings. The highest BCUT2D eigenvalue weighted by molar-refractivity contribution is 9.10. The zero-order valence-electron chi connectivity index (χ0n) is 11.7. The summed E-state index contributed by atoms with van der Waals surface area (Å²) in [6.07, 6.45) is 1.63. The molecule has 3 heterocycles. The van der Waals surface area contributed by atoms with Crippen molar-refractivity contribution in [3.63, 3.8) is 0 Å². The molecular weight excluding hydrogens is 348 g/mol. The van der Waals surface area contributed by atoms with Crippen LogP contribution in [0.25, 0.3) is 0 Å². The number of pyridine rings is 1. The Morgan fingerprint density at radius 2 is 2.05 bits per heavy atom. The summed E-state index contributed by atoms with van der Waals surface area (Å²) < 4.78 is 5.85. The van der Waals surface area contributed by atoms with E-state index in [9.17, 15) is 4.79 Å². The van der Waals surface area contributed by atoms with Gasteiger partial charge in [0.1, 0.15) is 5.82 Å². The molecule has 0 radical (unpaired) electrons. The maximum Gasteiger partial charge on any atom is 0.289 e. The Morgan fingerprint density at radius 3 is 2.68 bits per heavy atom. The molecule has 1 aliphatic rings. The van der Waals surface area contributed by atoms with Crippen molar-refractivity contribution >= 4 is 27.7 Å². The predicted molar refractivity (Wildman–Crippen MR) is 83.5 cm³/mol. The minimum Gasteiger partial charge on any atom is -0.444 e. The summed E-state index contributed by atoms with van der Waals surface area (Å²) in [6.45, 7) is 2.54. The molecule has 22 heavy (non-hydrogen) atoms. The summed E-state index contributed by atoms with van der Waals surface area (Å²) in [7, 11) is 0. The van der Waals surface area contributed by atoms with E-state index in [2.05, 4.69) is 31.9 Å². The van der Waals surface area contributed by atoms with Crippen LogP contribution < -0.4 is 4.90 Å². The number of hydrogen-bond donors (Lipinski definition) is 0. The second-order valence-corrected chi connectivity index (χ2v) is 5.68. The monoisotopic (exact) mass is 360 g/mol. The largest absolute Gasteiger partial charge is 0.444 e. The van der Waals surface area contributed by atoms with Gasteiger partial charge >= 0.3 is 0 Å². The van der Waals surface area contributed by atoms with E-state index < -0.39 is 0 Å². The van der Waals surface area contributed by atoms with E-state index in [0.29, 0.717) is 42.2 Å². The zero-order chi connectivity index (χ0) is 15.5. The van der Waals surface area contributed by atoms with E-state index in [1.807, 2.05) is 0 Å². The second kappa shape index (κ2) is 6.20. The minimum absolute atomic E-state index is 0.107. The molecule has 0 N–H and O–H groups in total. The molecule has 2 aromatic heterocycles. The third-order valence-electron chi connectivity index (χ3n) is 3.55. The van der Waals surface area contributed by atoms with Crippen LogP contribution in [0.5, 0.6) is 0 Å².